The minimum Gasteiger partial charge on any atom is -0.457 e. The number of benzene rings is 7. The molecule has 0 bridgehead atoms. The molecule has 60 heavy (non-hydrogen) atoms. The van der Waals surface area contributed by atoms with Gasteiger partial charge in [0.05, 0.1) is 0 Å². The molecule has 9 aromatic rings. The number of aromatic nitrogens is 3. The van der Waals surface area contributed by atoms with Gasteiger partial charge in [0.15, 0.2) is 17.5 Å². The van der Waals surface area contributed by atoms with Gasteiger partial charge in [-0.25, -0.2) is 15.0 Å². The molecular formula is C45H18B11N3O. The van der Waals surface area contributed by atoms with Gasteiger partial charge in [0.25, 0.3) is 0 Å². The SMILES string of the molecule is [B]c1c([B])c([B])c(-c2c([B])c([B])c3oc4c([B])c(-c5nc(-c6ccc(-c7ccccc7)cc6)nc(-c6cccc(-c7ccccc7)c6)n5)c([B])c([B])c4c3c2[B])c([B])c1[B]. The summed E-state index contributed by atoms with van der Waals surface area (Å²) in [5, 5.41) is 0.527. The highest BCUT2D eigenvalue weighted by atomic mass is 16.3. The summed E-state index contributed by atoms with van der Waals surface area (Å²) in [5.41, 5.74) is 6.50. The lowest BCUT2D eigenvalue weighted by atomic mass is 9.57. The minimum atomic E-state index is -0.00543. The Morgan fingerprint density at radius 1 is 0.283 bits per heavy atom. The van der Waals surface area contributed by atoms with E-state index in [1.807, 2.05) is 109 Å². The van der Waals surface area contributed by atoms with Crippen LogP contribution in [0.15, 0.2) is 114 Å². The Balaban J connectivity index is 1.28. The Bertz CT molecular complexity index is 3180. The first-order chi connectivity index (χ1) is 28.8. The molecule has 0 saturated carbocycles. The second-order valence-electron chi connectivity index (χ2n) is 14.4. The van der Waals surface area contributed by atoms with Crippen molar-refractivity contribution >= 4 is 168 Å². The van der Waals surface area contributed by atoms with Gasteiger partial charge in [-0.15, -0.1) is 16.4 Å². The summed E-state index contributed by atoms with van der Waals surface area (Å²) in [4.78, 5) is 14.9. The Kier molecular flexibility index (Phi) is 10.1. The van der Waals surface area contributed by atoms with Crippen LogP contribution in [0.2, 0.25) is 0 Å². The van der Waals surface area contributed by atoms with Gasteiger partial charge < -0.3 is 4.42 Å². The molecule has 4 nitrogen and oxygen atoms in total. The van der Waals surface area contributed by atoms with Gasteiger partial charge in [-0.1, -0.05) is 141 Å². The normalized spacial score (nSPS) is 11.4. The average Bonchev–Trinajstić information content (AvgIpc) is 3.70. The third-order valence-corrected chi connectivity index (χ3v) is 10.9. The van der Waals surface area contributed by atoms with Crippen molar-refractivity contribution in [3.63, 3.8) is 0 Å². The van der Waals surface area contributed by atoms with Gasteiger partial charge in [0.2, 0.25) is 0 Å². The molecule has 0 saturated heterocycles. The van der Waals surface area contributed by atoms with Gasteiger partial charge in [-0.05, 0) is 44.9 Å². The summed E-state index contributed by atoms with van der Waals surface area (Å²) < 4.78 is 6.39. The maximum Gasteiger partial charge on any atom is 0.164 e. The summed E-state index contributed by atoms with van der Waals surface area (Å²) >= 11 is 0. The van der Waals surface area contributed by atoms with E-state index in [1.54, 1.807) is 0 Å². The van der Waals surface area contributed by atoms with E-state index in [-0.39, 0.29) is 105 Å². The molecule has 0 aliphatic rings. The van der Waals surface area contributed by atoms with E-state index >= 15 is 0 Å². The third kappa shape index (κ3) is 6.36. The second-order valence-corrected chi connectivity index (χ2v) is 14.4. The molecule has 0 unspecified atom stereocenters. The molecule has 0 N–H and O–H groups in total. The lowest BCUT2D eigenvalue weighted by Crippen LogP contribution is -2.56. The monoisotopic (exact) mass is 737 g/mol. The number of fused-ring (bicyclic) bond motifs is 3. The second kappa shape index (κ2) is 15.3. The van der Waals surface area contributed by atoms with Crippen LogP contribution in [0.1, 0.15) is 0 Å². The molecule has 7 aromatic carbocycles. The van der Waals surface area contributed by atoms with E-state index in [9.17, 15) is 0 Å². The summed E-state index contributed by atoms with van der Waals surface area (Å²) in [6, 6.07) is 35.9. The van der Waals surface area contributed by atoms with E-state index in [4.69, 9.17) is 106 Å². The molecule has 15 heteroatoms. The largest absolute Gasteiger partial charge is 0.457 e. The van der Waals surface area contributed by atoms with Crippen molar-refractivity contribution in [1.82, 2.24) is 15.0 Å². The fraction of sp³-hybridized carbons (Fsp3) is 0. The Labute approximate surface area is 362 Å². The number of furan rings is 1. The van der Waals surface area contributed by atoms with Crippen LogP contribution >= 0.6 is 0 Å². The van der Waals surface area contributed by atoms with E-state index in [2.05, 4.69) is 0 Å². The highest BCUT2D eigenvalue weighted by Gasteiger charge is 2.26. The lowest BCUT2D eigenvalue weighted by Gasteiger charge is -2.25. The smallest absolute Gasteiger partial charge is 0.164 e. The predicted octanol–water partition coefficient (Wildman–Crippen LogP) is -1.50. The van der Waals surface area contributed by atoms with Crippen molar-refractivity contribution in [2.75, 3.05) is 0 Å². The summed E-state index contributed by atoms with van der Waals surface area (Å²) in [6.45, 7) is 0. The average molecular weight is 736 g/mol. The van der Waals surface area contributed by atoms with Crippen LogP contribution in [0.5, 0.6) is 0 Å². The first-order valence-corrected chi connectivity index (χ1v) is 18.6. The van der Waals surface area contributed by atoms with Crippen LogP contribution in [0, 0.1) is 0 Å². The molecule has 0 atom stereocenters. The summed E-state index contributed by atoms with van der Waals surface area (Å²) in [5.74, 6) is 0.876. The van der Waals surface area contributed by atoms with Gasteiger partial charge in [0.1, 0.15) is 97.5 Å². The highest BCUT2D eigenvalue weighted by Crippen LogP contribution is 2.31. The van der Waals surface area contributed by atoms with E-state index < -0.39 is 0 Å². The van der Waals surface area contributed by atoms with Crippen LogP contribution in [0.25, 0.3) is 89.5 Å². The van der Waals surface area contributed by atoms with Crippen molar-refractivity contribution in [1.29, 1.82) is 0 Å². The van der Waals surface area contributed by atoms with Crippen molar-refractivity contribution in [2.24, 2.45) is 0 Å². The standard InChI is InChI=1S/C45H18B11N3O/c46-30-25(26-31(47)37(53)39(55)38(54)32(26)48)33(49)40(56)42-27(30)28-34(50)35(51)29(36(52)41(28)60-42)45-58-43(22-16-14-21(15-17-22)19-8-3-1-4-9-19)57-44(59-45)24-13-7-12-23(18-24)20-10-5-2-6-11-20/h1-18H. The molecule has 0 spiro atoms. The molecule has 0 fully saturated rings. The number of hydrogen-bond donors (Lipinski definition) is 0. The molecule has 9 rings (SSSR count). The molecule has 22 radical (unpaired) electrons. The Morgan fingerprint density at radius 2 is 0.683 bits per heavy atom. The van der Waals surface area contributed by atoms with Crippen LogP contribution in [0.3, 0.4) is 0 Å². The Morgan fingerprint density at radius 3 is 1.30 bits per heavy atom. The molecule has 252 valence electrons. The summed E-state index contributed by atoms with van der Waals surface area (Å²) in [6.07, 6.45) is 0. The molecule has 0 aliphatic carbocycles. The molecule has 0 aliphatic heterocycles. The maximum atomic E-state index is 7.01. The number of rotatable bonds is 6. The van der Waals surface area contributed by atoms with Crippen molar-refractivity contribution in [3.8, 4) is 67.5 Å². The first-order valence-electron chi connectivity index (χ1n) is 18.6. The maximum absolute atomic E-state index is 7.01. The zero-order valence-corrected chi connectivity index (χ0v) is 32.0. The highest BCUT2D eigenvalue weighted by molar-refractivity contribution is 6.71. The van der Waals surface area contributed by atoms with Gasteiger partial charge in [-0.3, -0.25) is 0 Å². The van der Waals surface area contributed by atoms with Crippen LogP contribution < -0.4 is 60.1 Å². The van der Waals surface area contributed by atoms with Crippen molar-refractivity contribution in [3.05, 3.63) is 109 Å². The Hall–Kier alpha value is -5.94. The lowest BCUT2D eigenvalue weighted by molar-refractivity contribution is 0.675. The van der Waals surface area contributed by atoms with Crippen molar-refractivity contribution < 1.29 is 4.42 Å². The number of nitrogens with zero attached hydrogens (tertiary/aromatic N) is 3. The summed E-state index contributed by atoms with van der Waals surface area (Å²) in [7, 11) is 72.5. The van der Waals surface area contributed by atoms with Crippen molar-refractivity contribution in [2.45, 2.75) is 0 Å². The van der Waals surface area contributed by atoms with Crippen LogP contribution in [-0.4, -0.2) is 101 Å². The molecule has 0 amide bonds. The first kappa shape index (κ1) is 39.5. The van der Waals surface area contributed by atoms with Gasteiger partial charge in [0, 0.05) is 27.5 Å². The third-order valence-electron chi connectivity index (χ3n) is 10.9. The zero-order chi connectivity index (χ0) is 42.1. The topological polar surface area (TPSA) is 51.8 Å². The molecule has 2 aromatic heterocycles. The van der Waals surface area contributed by atoms with Crippen LogP contribution in [-0.2, 0) is 0 Å². The molecule has 2 heterocycles. The van der Waals surface area contributed by atoms with E-state index in [1.165, 1.54) is 0 Å². The zero-order valence-electron chi connectivity index (χ0n) is 32.0. The van der Waals surface area contributed by atoms with Crippen LogP contribution in [0.4, 0.5) is 0 Å². The number of hydrogen-bond acceptors (Lipinski definition) is 4. The van der Waals surface area contributed by atoms with Gasteiger partial charge >= 0.3 is 0 Å². The quantitative estimate of drug-likeness (QED) is 0.196. The molecular weight excluding hydrogens is 717 g/mol. The van der Waals surface area contributed by atoms with E-state index in [0.29, 0.717) is 11.6 Å². The fourth-order valence-corrected chi connectivity index (χ4v) is 7.67. The minimum absolute atomic E-state index is 0.000861. The fourth-order valence-electron chi connectivity index (χ4n) is 7.67. The van der Waals surface area contributed by atoms with E-state index in [0.717, 1.165) is 33.4 Å². The van der Waals surface area contributed by atoms with Gasteiger partial charge in [-0.2, -0.15) is 0 Å². The predicted molar refractivity (Wildman–Crippen MR) is 259 cm³/mol.